The number of hydrogen-bond donors (Lipinski definition) is 1. The Kier molecular flexibility index (Phi) is 6.36. The molecule has 1 N–H and O–H groups in total. The summed E-state index contributed by atoms with van der Waals surface area (Å²) in [5, 5.41) is 9.35. The summed E-state index contributed by atoms with van der Waals surface area (Å²) < 4.78 is 22.4. The third kappa shape index (κ3) is 5.60. The van der Waals surface area contributed by atoms with Crippen molar-refractivity contribution in [1.29, 1.82) is 0 Å². The first-order chi connectivity index (χ1) is 6.43. The largest absolute Gasteiger partial charge is 0.393 e. The molecule has 0 bridgehead atoms. The normalized spacial score (nSPS) is 16.6. The maximum atomic E-state index is 11.2. The topological polar surface area (TPSA) is 54.4 Å². The zero-order valence-corrected chi connectivity index (χ0v) is 10.2. The summed E-state index contributed by atoms with van der Waals surface area (Å²) >= 11 is 0. The standard InChI is InChI=1S/C10H22O3S/c1-4-10(9(3)11)7-6-8-14(12,13)5-2/h9-11H,4-8H2,1-3H3. The molecule has 0 saturated carbocycles. The van der Waals surface area contributed by atoms with Crippen molar-refractivity contribution in [1.82, 2.24) is 0 Å². The molecular formula is C10H22O3S. The monoisotopic (exact) mass is 222 g/mol. The van der Waals surface area contributed by atoms with E-state index in [1.807, 2.05) is 6.92 Å². The molecule has 0 aliphatic heterocycles. The lowest BCUT2D eigenvalue weighted by atomic mass is 9.96. The van der Waals surface area contributed by atoms with E-state index in [1.54, 1.807) is 13.8 Å². The summed E-state index contributed by atoms with van der Waals surface area (Å²) in [4.78, 5) is 0. The van der Waals surface area contributed by atoms with Crippen LogP contribution in [0.25, 0.3) is 0 Å². The van der Waals surface area contributed by atoms with Gasteiger partial charge in [-0.25, -0.2) is 8.42 Å². The van der Waals surface area contributed by atoms with Gasteiger partial charge in [-0.3, -0.25) is 0 Å². The molecular weight excluding hydrogens is 200 g/mol. The zero-order valence-electron chi connectivity index (χ0n) is 9.36. The summed E-state index contributed by atoms with van der Waals surface area (Å²) in [6.07, 6.45) is 2.04. The summed E-state index contributed by atoms with van der Waals surface area (Å²) in [6.45, 7) is 5.45. The van der Waals surface area contributed by atoms with Crippen LogP contribution in [0, 0.1) is 5.92 Å². The van der Waals surface area contributed by atoms with E-state index in [4.69, 9.17) is 0 Å². The molecule has 86 valence electrons. The Hall–Kier alpha value is -0.0900. The van der Waals surface area contributed by atoms with E-state index < -0.39 is 9.84 Å². The molecule has 0 amide bonds. The molecule has 0 spiro atoms. The van der Waals surface area contributed by atoms with Gasteiger partial charge in [-0.15, -0.1) is 0 Å². The van der Waals surface area contributed by atoms with Gasteiger partial charge < -0.3 is 5.11 Å². The fourth-order valence-electron chi connectivity index (χ4n) is 1.50. The fourth-order valence-corrected chi connectivity index (χ4v) is 2.39. The maximum absolute atomic E-state index is 11.2. The van der Waals surface area contributed by atoms with Gasteiger partial charge in [0.05, 0.1) is 11.9 Å². The lowest BCUT2D eigenvalue weighted by Crippen LogP contribution is -2.17. The molecule has 0 aliphatic carbocycles. The van der Waals surface area contributed by atoms with Crippen LogP contribution in [0.3, 0.4) is 0 Å². The minimum atomic E-state index is -2.83. The summed E-state index contributed by atoms with van der Waals surface area (Å²) in [7, 11) is -2.83. The van der Waals surface area contributed by atoms with Crippen molar-refractivity contribution >= 4 is 9.84 Å². The van der Waals surface area contributed by atoms with Gasteiger partial charge in [-0.2, -0.15) is 0 Å². The van der Waals surface area contributed by atoms with E-state index in [9.17, 15) is 13.5 Å². The van der Waals surface area contributed by atoms with E-state index in [0.717, 1.165) is 12.8 Å². The van der Waals surface area contributed by atoms with E-state index in [2.05, 4.69) is 0 Å². The van der Waals surface area contributed by atoms with Gasteiger partial charge in [0.25, 0.3) is 0 Å². The number of aliphatic hydroxyl groups excluding tert-OH is 1. The van der Waals surface area contributed by atoms with Gasteiger partial charge in [0, 0.05) is 5.75 Å². The molecule has 2 unspecified atom stereocenters. The highest BCUT2D eigenvalue weighted by Crippen LogP contribution is 2.16. The number of rotatable bonds is 7. The van der Waals surface area contributed by atoms with Crippen LogP contribution in [-0.2, 0) is 9.84 Å². The predicted molar refractivity (Wildman–Crippen MR) is 59.0 cm³/mol. The Bertz CT molecular complexity index is 232. The molecule has 0 aromatic rings. The highest BCUT2D eigenvalue weighted by Gasteiger charge is 2.14. The molecule has 3 nitrogen and oxygen atoms in total. The highest BCUT2D eigenvalue weighted by atomic mass is 32.2. The van der Waals surface area contributed by atoms with E-state index in [-0.39, 0.29) is 23.5 Å². The average Bonchev–Trinajstić information content (AvgIpc) is 2.12. The number of hydrogen-bond acceptors (Lipinski definition) is 3. The molecule has 0 radical (unpaired) electrons. The molecule has 0 rings (SSSR count). The Morgan fingerprint density at radius 2 is 1.86 bits per heavy atom. The molecule has 4 heteroatoms. The first kappa shape index (κ1) is 13.9. The van der Waals surface area contributed by atoms with Crippen molar-refractivity contribution < 1.29 is 13.5 Å². The highest BCUT2D eigenvalue weighted by molar-refractivity contribution is 7.91. The quantitative estimate of drug-likeness (QED) is 0.712. The van der Waals surface area contributed by atoms with Crippen LogP contribution in [0.2, 0.25) is 0 Å². The minimum Gasteiger partial charge on any atom is -0.393 e. The van der Waals surface area contributed by atoms with E-state index in [0.29, 0.717) is 6.42 Å². The van der Waals surface area contributed by atoms with Crippen LogP contribution < -0.4 is 0 Å². The Balaban J connectivity index is 3.83. The Morgan fingerprint density at radius 1 is 1.29 bits per heavy atom. The predicted octanol–water partition coefficient (Wildman–Crippen LogP) is 1.61. The van der Waals surface area contributed by atoms with Gasteiger partial charge in [0.2, 0.25) is 0 Å². The van der Waals surface area contributed by atoms with Crippen molar-refractivity contribution in [2.45, 2.75) is 46.1 Å². The van der Waals surface area contributed by atoms with Gasteiger partial charge in [-0.05, 0) is 25.7 Å². The third-order valence-electron chi connectivity index (χ3n) is 2.68. The van der Waals surface area contributed by atoms with E-state index >= 15 is 0 Å². The zero-order chi connectivity index (χ0) is 11.2. The van der Waals surface area contributed by atoms with Gasteiger partial charge in [-0.1, -0.05) is 20.3 Å². The molecule has 0 fully saturated rings. The fraction of sp³-hybridized carbons (Fsp3) is 1.00. The average molecular weight is 222 g/mol. The Labute approximate surface area is 87.4 Å². The van der Waals surface area contributed by atoms with Crippen molar-refractivity contribution in [3.8, 4) is 0 Å². The number of sulfone groups is 1. The number of aliphatic hydroxyl groups is 1. The van der Waals surface area contributed by atoms with Crippen molar-refractivity contribution in [3.05, 3.63) is 0 Å². The molecule has 0 aromatic carbocycles. The van der Waals surface area contributed by atoms with Crippen LogP contribution in [0.1, 0.15) is 40.0 Å². The third-order valence-corrected chi connectivity index (χ3v) is 4.47. The lowest BCUT2D eigenvalue weighted by Gasteiger charge is -2.17. The maximum Gasteiger partial charge on any atom is 0.150 e. The van der Waals surface area contributed by atoms with Crippen molar-refractivity contribution in [2.75, 3.05) is 11.5 Å². The van der Waals surface area contributed by atoms with Crippen molar-refractivity contribution in [3.63, 3.8) is 0 Å². The second-order valence-electron chi connectivity index (χ2n) is 3.79. The second-order valence-corrected chi connectivity index (χ2v) is 6.26. The first-order valence-corrected chi connectivity index (χ1v) is 7.13. The lowest BCUT2D eigenvalue weighted by molar-refractivity contribution is 0.117. The summed E-state index contributed by atoms with van der Waals surface area (Å²) in [5.41, 5.74) is 0. The van der Waals surface area contributed by atoms with Gasteiger partial charge >= 0.3 is 0 Å². The summed E-state index contributed by atoms with van der Waals surface area (Å²) in [5.74, 6) is 0.715. The van der Waals surface area contributed by atoms with Crippen LogP contribution >= 0.6 is 0 Å². The second kappa shape index (κ2) is 6.40. The van der Waals surface area contributed by atoms with Crippen LogP contribution in [0.4, 0.5) is 0 Å². The molecule has 0 heterocycles. The van der Waals surface area contributed by atoms with Crippen molar-refractivity contribution in [2.24, 2.45) is 5.92 Å². The van der Waals surface area contributed by atoms with E-state index in [1.165, 1.54) is 0 Å². The first-order valence-electron chi connectivity index (χ1n) is 5.31. The molecule has 14 heavy (non-hydrogen) atoms. The molecule has 0 saturated heterocycles. The van der Waals surface area contributed by atoms with Crippen LogP contribution in [0.15, 0.2) is 0 Å². The molecule has 2 atom stereocenters. The van der Waals surface area contributed by atoms with Crippen LogP contribution in [0.5, 0.6) is 0 Å². The van der Waals surface area contributed by atoms with Gasteiger partial charge in [0.1, 0.15) is 9.84 Å². The smallest absolute Gasteiger partial charge is 0.150 e. The summed E-state index contributed by atoms with van der Waals surface area (Å²) in [6, 6.07) is 0. The molecule has 0 aliphatic rings. The van der Waals surface area contributed by atoms with Crippen LogP contribution in [-0.4, -0.2) is 31.1 Å². The SMILES string of the molecule is CCC(CCCS(=O)(=O)CC)C(C)O. The van der Waals surface area contributed by atoms with Gasteiger partial charge in [0.15, 0.2) is 0 Å². The molecule has 0 aromatic heterocycles. The Morgan fingerprint density at radius 3 is 2.21 bits per heavy atom. The minimum absolute atomic E-state index is 0.221.